The Bertz CT molecular complexity index is 619. The van der Waals surface area contributed by atoms with Gasteiger partial charge in [0.05, 0.1) is 5.69 Å². The van der Waals surface area contributed by atoms with Crippen LogP contribution in [0.4, 0.5) is 5.69 Å². The minimum Gasteiger partial charge on any atom is -0.370 e. The minimum absolute atomic E-state index is 0.128. The van der Waals surface area contributed by atoms with Crippen molar-refractivity contribution in [2.24, 2.45) is 10.6 Å². The van der Waals surface area contributed by atoms with E-state index < -0.39 is 10.0 Å². The number of nitrogens with two attached hydrogens (primary N) is 1. The molecule has 2 aliphatic heterocycles. The van der Waals surface area contributed by atoms with Gasteiger partial charge in [0, 0.05) is 37.4 Å². The molecule has 0 bridgehead atoms. The molecule has 3 heterocycles. The normalized spacial score (nSPS) is 27.6. The molecule has 0 saturated carbocycles. The van der Waals surface area contributed by atoms with Gasteiger partial charge in [0.1, 0.15) is 4.90 Å². The lowest BCUT2D eigenvalue weighted by atomic mass is 9.86. The highest BCUT2D eigenvalue weighted by Gasteiger charge is 2.43. The van der Waals surface area contributed by atoms with Crippen LogP contribution < -0.4 is 10.0 Å². The number of anilines is 1. The number of likely N-dealkylation sites (tertiary alicyclic amines) is 1. The van der Waals surface area contributed by atoms with Gasteiger partial charge in [-0.3, -0.25) is 4.98 Å². The molecule has 7 heteroatoms. The van der Waals surface area contributed by atoms with Gasteiger partial charge in [0.25, 0.3) is 0 Å². The molecule has 1 aromatic heterocycles. The fourth-order valence-corrected chi connectivity index (χ4v) is 4.18. The second kappa shape index (κ2) is 4.68. The number of aromatic nitrogens is 1. The molecule has 2 aliphatic rings. The van der Waals surface area contributed by atoms with Gasteiger partial charge >= 0.3 is 0 Å². The zero-order valence-electron chi connectivity index (χ0n) is 11.6. The van der Waals surface area contributed by atoms with Gasteiger partial charge in [-0.05, 0) is 32.5 Å². The molecular weight excluding hydrogens is 276 g/mol. The van der Waals surface area contributed by atoms with Crippen LogP contribution in [0.1, 0.15) is 12.8 Å². The Hall–Kier alpha value is -1.18. The maximum atomic E-state index is 11.7. The Morgan fingerprint density at radius 1 is 1.30 bits per heavy atom. The van der Waals surface area contributed by atoms with Crippen molar-refractivity contribution in [1.82, 2.24) is 9.88 Å². The summed E-state index contributed by atoms with van der Waals surface area (Å²) in [6.45, 7) is 3.97. The van der Waals surface area contributed by atoms with Crippen LogP contribution in [-0.4, -0.2) is 51.5 Å². The summed E-state index contributed by atoms with van der Waals surface area (Å²) >= 11 is 0. The number of nitrogens with zero attached hydrogens (tertiary/aromatic N) is 3. The Kier molecular flexibility index (Phi) is 3.23. The van der Waals surface area contributed by atoms with E-state index in [2.05, 4.69) is 21.8 Å². The minimum atomic E-state index is -3.73. The van der Waals surface area contributed by atoms with Gasteiger partial charge in [0.2, 0.25) is 10.0 Å². The molecule has 0 radical (unpaired) electrons. The quantitative estimate of drug-likeness (QED) is 0.847. The summed E-state index contributed by atoms with van der Waals surface area (Å²) in [6.07, 6.45) is 5.24. The second-order valence-electron chi connectivity index (χ2n) is 6.05. The van der Waals surface area contributed by atoms with Gasteiger partial charge in [0.15, 0.2) is 0 Å². The first-order chi connectivity index (χ1) is 9.40. The van der Waals surface area contributed by atoms with Gasteiger partial charge in [-0.15, -0.1) is 0 Å². The average Bonchev–Trinajstić information content (AvgIpc) is 2.96. The monoisotopic (exact) mass is 296 g/mol. The highest BCUT2D eigenvalue weighted by atomic mass is 32.2. The van der Waals surface area contributed by atoms with Crippen molar-refractivity contribution >= 4 is 15.7 Å². The van der Waals surface area contributed by atoms with E-state index in [9.17, 15) is 8.42 Å². The molecular formula is C13H20N4O2S. The van der Waals surface area contributed by atoms with Crippen LogP contribution in [0.25, 0.3) is 0 Å². The van der Waals surface area contributed by atoms with E-state index in [1.54, 1.807) is 12.3 Å². The maximum Gasteiger partial charge on any atom is 0.241 e. The summed E-state index contributed by atoms with van der Waals surface area (Å²) in [4.78, 5) is 8.50. The predicted octanol–water partition coefficient (Wildman–Crippen LogP) is 0.261. The van der Waals surface area contributed by atoms with Gasteiger partial charge in [-0.1, -0.05) is 0 Å². The highest BCUT2D eigenvalue weighted by Crippen LogP contribution is 2.41. The third-order valence-corrected chi connectivity index (χ3v) is 5.41. The number of sulfonamides is 1. The van der Waals surface area contributed by atoms with Gasteiger partial charge in [-0.25, -0.2) is 13.6 Å². The molecule has 1 spiro atoms. The lowest BCUT2D eigenvalue weighted by Gasteiger charge is -2.25. The third-order valence-electron chi connectivity index (χ3n) is 4.48. The molecule has 1 aromatic rings. The van der Waals surface area contributed by atoms with Crippen LogP contribution >= 0.6 is 0 Å². The van der Waals surface area contributed by atoms with Crippen LogP contribution in [0, 0.1) is 5.41 Å². The van der Waals surface area contributed by atoms with Crippen LogP contribution in [0.15, 0.2) is 23.4 Å². The zero-order valence-corrected chi connectivity index (χ0v) is 12.4. The zero-order chi connectivity index (χ0) is 14.4. The summed E-state index contributed by atoms with van der Waals surface area (Å²) < 4.78 is 23.4. The van der Waals surface area contributed by atoms with E-state index >= 15 is 0 Å². The number of hydrogen-bond acceptors (Lipinski definition) is 5. The number of rotatable bonds is 2. The fourth-order valence-electron chi connectivity index (χ4n) is 3.49. The van der Waals surface area contributed by atoms with Crippen molar-refractivity contribution < 1.29 is 8.42 Å². The highest BCUT2D eigenvalue weighted by molar-refractivity contribution is 7.89. The van der Waals surface area contributed by atoms with Crippen molar-refractivity contribution in [2.45, 2.75) is 17.7 Å². The summed E-state index contributed by atoms with van der Waals surface area (Å²) in [5, 5.41) is 5.29. The van der Waals surface area contributed by atoms with Gasteiger partial charge in [-0.2, -0.15) is 0 Å². The topological polar surface area (TPSA) is 79.5 Å². The van der Waals surface area contributed by atoms with Crippen LogP contribution in [0.2, 0.25) is 0 Å². The molecule has 1 unspecified atom stereocenters. The third kappa shape index (κ3) is 2.41. The van der Waals surface area contributed by atoms with Crippen molar-refractivity contribution in [3.05, 3.63) is 18.5 Å². The summed E-state index contributed by atoms with van der Waals surface area (Å²) in [5.41, 5.74) is 0.988. The van der Waals surface area contributed by atoms with E-state index in [4.69, 9.17) is 5.14 Å². The van der Waals surface area contributed by atoms with E-state index in [1.165, 1.54) is 12.6 Å². The lowest BCUT2D eigenvalue weighted by molar-refractivity contribution is 0.312. The molecule has 0 aromatic carbocycles. The standard InChI is InChI=1S/C13H20N4O2S/c1-16-6-3-13(9-16)4-7-17(10-13)11-2-5-15-8-12(11)20(14,18)19/h2,5,8H,3-4,6-7,9-10H2,1H3,(H2,14,18,19). The van der Waals surface area contributed by atoms with E-state index in [0.29, 0.717) is 11.1 Å². The molecule has 20 heavy (non-hydrogen) atoms. The first-order valence-electron chi connectivity index (χ1n) is 6.80. The van der Waals surface area contributed by atoms with Crippen LogP contribution in [0.5, 0.6) is 0 Å². The Balaban J connectivity index is 1.89. The Morgan fingerprint density at radius 3 is 2.70 bits per heavy atom. The number of primary sulfonamides is 1. The van der Waals surface area contributed by atoms with Crippen molar-refractivity contribution in [1.29, 1.82) is 0 Å². The Labute approximate surface area is 119 Å². The smallest absolute Gasteiger partial charge is 0.241 e. The first-order valence-corrected chi connectivity index (χ1v) is 8.35. The molecule has 2 saturated heterocycles. The molecule has 0 aliphatic carbocycles. The summed E-state index contributed by atoms with van der Waals surface area (Å²) in [7, 11) is -1.59. The Morgan fingerprint density at radius 2 is 2.05 bits per heavy atom. The molecule has 6 nitrogen and oxygen atoms in total. The first kappa shape index (κ1) is 13.8. The van der Waals surface area contributed by atoms with Crippen LogP contribution in [0.3, 0.4) is 0 Å². The number of pyridine rings is 1. The lowest BCUT2D eigenvalue weighted by Crippen LogP contribution is -2.30. The van der Waals surface area contributed by atoms with E-state index in [-0.39, 0.29) is 4.90 Å². The molecule has 110 valence electrons. The molecule has 1 atom stereocenters. The molecule has 3 rings (SSSR count). The predicted molar refractivity (Wildman–Crippen MR) is 77.0 cm³/mol. The summed E-state index contributed by atoms with van der Waals surface area (Å²) in [6, 6.07) is 1.75. The number of hydrogen-bond donors (Lipinski definition) is 1. The fraction of sp³-hybridized carbons (Fsp3) is 0.615. The van der Waals surface area contributed by atoms with Crippen LogP contribution in [-0.2, 0) is 10.0 Å². The van der Waals surface area contributed by atoms with E-state index in [1.807, 2.05) is 0 Å². The maximum absolute atomic E-state index is 11.7. The largest absolute Gasteiger partial charge is 0.370 e. The second-order valence-corrected chi connectivity index (χ2v) is 7.58. The van der Waals surface area contributed by atoms with Crippen molar-refractivity contribution in [3.8, 4) is 0 Å². The molecule has 2 fully saturated rings. The van der Waals surface area contributed by atoms with Crippen molar-refractivity contribution in [3.63, 3.8) is 0 Å². The van der Waals surface area contributed by atoms with E-state index in [0.717, 1.165) is 32.6 Å². The van der Waals surface area contributed by atoms with Gasteiger partial charge < -0.3 is 9.80 Å². The average molecular weight is 296 g/mol. The SMILES string of the molecule is CN1CCC2(CCN(c3ccncc3S(N)(=O)=O)C2)C1. The summed E-state index contributed by atoms with van der Waals surface area (Å²) in [5.74, 6) is 0. The molecule has 0 amide bonds. The van der Waals surface area contributed by atoms with Crippen molar-refractivity contribution in [2.75, 3.05) is 38.1 Å². The molecule has 2 N–H and O–H groups in total.